The molecule has 0 heterocycles. The van der Waals surface area contributed by atoms with Crippen molar-refractivity contribution in [2.75, 3.05) is 0 Å². The predicted molar refractivity (Wildman–Crippen MR) is 55.7 cm³/mol. The van der Waals surface area contributed by atoms with E-state index in [2.05, 4.69) is 4.74 Å². The molecule has 0 aliphatic heterocycles. The fraction of sp³-hybridized carbons (Fsp3) is 0.250. The van der Waals surface area contributed by atoms with Crippen molar-refractivity contribution in [3.05, 3.63) is 24.3 Å². The SMILES string of the molecule is OB(O)c1ccc(OC(F)(F)C(F)(F)Br)cc1. The van der Waals surface area contributed by atoms with E-state index < -0.39 is 23.8 Å². The maximum absolute atomic E-state index is 12.8. The average Bonchev–Trinajstić information content (AvgIpc) is 2.16. The molecule has 94 valence electrons. The summed E-state index contributed by atoms with van der Waals surface area (Å²) in [5.41, 5.74) is 0.0197. The summed E-state index contributed by atoms with van der Waals surface area (Å²) in [5, 5.41) is 17.4. The first-order valence-electron chi connectivity index (χ1n) is 4.23. The Labute approximate surface area is 102 Å². The minimum Gasteiger partial charge on any atom is -0.427 e. The molecular weight excluding hydrogens is 311 g/mol. The van der Waals surface area contributed by atoms with Crippen molar-refractivity contribution in [2.24, 2.45) is 0 Å². The quantitative estimate of drug-likeness (QED) is 0.500. The summed E-state index contributed by atoms with van der Waals surface area (Å²) in [6.45, 7) is 0. The van der Waals surface area contributed by atoms with E-state index in [0.29, 0.717) is 0 Å². The van der Waals surface area contributed by atoms with E-state index in [0.717, 1.165) is 24.3 Å². The highest BCUT2D eigenvalue weighted by molar-refractivity contribution is 9.10. The molecule has 0 aliphatic carbocycles. The van der Waals surface area contributed by atoms with Gasteiger partial charge in [-0.3, -0.25) is 0 Å². The Balaban J connectivity index is 2.83. The third-order valence-electron chi connectivity index (χ3n) is 1.75. The van der Waals surface area contributed by atoms with Crippen LogP contribution in [-0.2, 0) is 0 Å². The van der Waals surface area contributed by atoms with E-state index in [1.807, 2.05) is 0 Å². The zero-order valence-electron chi connectivity index (χ0n) is 8.08. The highest BCUT2D eigenvalue weighted by atomic mass is 79.9. The van der Waals surface area contributed by atoms with Crippen LogP contribution < -0.4 is 10.2 Å². The Morgan fingerprint density at radius 1 is 1.06 bits per heavy atom. The van der Waals surface area contributed by atoms with Gasteiger partial charge in [-0.05, 0) is 17.6 Å². The van der Waals surface area contributed by atoms with Crippen molar-refractivity contribution in [2.45, 2.75) is 10.9 Å². The minimum atomic E-state index is -4.72. The summed E-state index contributed by atoms with van der Waals surface area (Å²) in [6.07, 6.45) is -4.72. The van der Waals surface area contributed by atoms with Crippen molar-refractivity contribution in [3.63, 3.8) is 0 Å². The first kappa shape index (κ1) is 14.3. The zero-order valence-corrected chi connectivity index (χ0v) is 9.67. The van der Waals surface area contributed by atoms with Crippen LogP contribution in [0, 0.1) is 0 Å². The molecule has 9 heteroatoms. The Bertz CT molecular complexity index is 379. The first-order chi connectivity index (χ1) is 7.63. The van der Waals surface area contributed by atoms with Crippen molar-refractivity contribution < 1.29 is 32.3 Å². The van der Waals surface area contributed by atoms with Crippen LogP contribution in [0.5, 0.6) is 5.75 Å². The smallest absolute Gasteiger partial charge is 0.427 e. The van der Waals surface area contributed by atoms with Gasteiger partial charge in [0, 0.05) is 15.9 Å². The molecule has 0 unspecified atom stereocenters. The van der Waals surface area contributed by atoms with E-state index in [1.165, 1.54) is 15.9 Å². The number of halogens is 5. The first-order valence-corrected chi connectivity index (χ1v) is 5.02. The monoisotopic (exact) mass is 316 g/mol. The van der Waals surface area contributed by atoms with E-state index >= 15 is 0 Å². The van der Waals surface area contributed by atoms with Crippen LogP contribution in [0.15, 0.2) is 24.3 Å². The van der Waals surface area contributed by atoms with Gasteiger partial charge in [0.2, 0.25) is 0 Å². The summed E-state index contributed by atoms with van der Waals surface area (Å²) in [4.78, 5) is -4.50. The fourth-order valence-electron chi connectivity index (χ4n) is 0.914. The van der Waals surface area contributed by atoms with Gasteiger partial charge in [-0.1, -0.05) is 12.1 Å². The highest BCUT2D eigenvalue weighted by Crippen LogP contribution is 2.40. The molecular formula is C8H6BBrF4O3. The number of ether oxygens (including phenoxy) is 1. The van der Waals surface area contributed by atoms with E-state index in [9.17, 15) is 17.6 Å². The lowest BCUT2D eigenvalue weighted by Crippen LogP contribution is -2.40. The Morgan fingerprint density at radius 3 is 1.88 bits per heavy atom. The van der Waals surface area contributed by atoms with Gasteiger partial charge in [0.15, 0.2) is 0 Å². The second kappa shape index (κ2) is 4.83. The fourth-order valence-corrected chi connectivity index (χ4v) is 0.995. The molecule has 1 rings (SSSR count). The van der Waals surface area contributed by atoms with Gasteiger partial charge in [0.1, 0.15) is 5.75 Å². The standard InChI is InChI=1S/C8H6BBrF4O3/c10-7(11,12)8(13,14)17-6-3-1-5(2-4-6)9(15)16/h1-4,15-16H. The van der Waals surface area contributed by atoms with Gasteiger partial charge in [0.05, 0.1) is 0 Å². The van der Waals surface area contributed by atoms with Gasteiger partial charge in [0.25, 0.3) is 0 Å². The molecule has 0 saturated heterocycles. The zero-order chi connectivity index (χ0) is 13.3. The van der Waals surface area contributed by atoms with Gasteiger partial charge >= 0.3 is 18.1 Å². The largest absolute Gasteiger partial charge is 0.488 e. The lowest BCUT2D eigenvalue weighted by Gasteiger charge is -2.21. The molecule has 0 saturated carbocycles. The van der Waals surface area contributed by atoms with Gasteiger partial charge < -0.3 is 14.8 Å². The van der Waals surface area contributed by atoms with Crippen molar-refractivity contribution in [1.82, 2.24) is 0 Å². The number of hydrogen-bond acceptors (Lipinski definition) is 3. The van der Waals surface area contributed by atoms with Crippen LogP contribution in [0.2, 0.25) is 0 Å². The second-order valence-corrected chi connectivity index (χ2v) is 4.06. The molecule has 2 N–H and O–H groups in total. The maximum atomic E-state index is 12.8. The minimum absolute atomic E-state index is 0.0197. The molecule has 0 spiro atoms. The molecule has 17 heavy (non-hydrogen) atoms. The summed E-state index contributed by atoms with van der Waals surface area (Å²) >= 11 is 1.51. The summed E-state index contributed by atoms with van der Waals surface area (Å²) in [5.74, 6) is -0.529. The molecule has 0 fully saturated rings. The van der Waals surface area contributed by atoms with Gasteiger partial charge in [-0.25, -0.2) is 0 Å². The van der Waals surface area contributed by atoms with Crippen LogP contribution >= 0.6 is 15.9 Å². The predicted octanol–water partition coefficient (Wildman–Crippen LogP) is 1.33. The molecule has 0 bridgehead atoms. The molecule has 1 aromatic rings. The third-order valence-corrected chi connectivity index (χ3v) is 2.22. The molecule has 0 atom stereocenters. The van der Waals surface area contributed by atoms with E-state index in [-0.39, 0.29) is 5.46 Å². The highest BCUT2D eigenvalue weighted by Gasteiger charge is 2.57. The molecule has 0 amide bonds. The Morgan fingerprint density at radius 2 is 1.53 bits per heavy atom. The topological polar surface area (TPSA) is 49.7 Å². The Kier molecular flexibility index (Phi) is 4.05. The molecule has 0 aromatic heterocycles. The van der Waals surface area contributed by atoms with Crippen LogP contribution in [0.25, 0.3) is 0 Å². The van der Waals surface area contributed by atoms with Crippen LogP contribution in [0.1, 0.15) is 0 Å². The number of alkyl halides is 5. The molecule has 0 radical (unpaired) electrons. The van der Waals surface area contributed by atoms with E-state index in [1.54, 1.807) is 0 Å². The van der Waals surface area contributed by atoms with Crippen LogP contribution in [0.3, 0.4) is 0 Å². The van der Waals surface area contributed by atoms with E-state index in [4.69, 9.17) is 10.0 Å². The third kappa shape index (κ3) is 3.58. The van der Waals surface area contributed by atoms with Crippen molar-refractivity contribution in [1.29, 1.82) is 0 Å². The molecule has 0 aliphatic rings. The van der Waals surface area contributed by atoms with Crippen LogP contribution in [-0.4, -0.2) is 28.1 Å². The van der Waals surface area contributed by atoms with Gasteiger partial charge in [-0.15, -0.1) is 0 Å². The van der Waals surface area contributed by atoms with Crippen molar-refractivity contribution in [3.8, 4) is 5.75 Å². The maximum Gasteiger partial charge on any atom is 0.488 e. The summed E-state index contributed by atoms with van der Waals surface area (Å²) in [7, 11) is -1.78. The molecule has 1 aromatic carbocycles. The van der Waals surface area contributed by atoms with Gasteiger partial charge in [-0.2, -0.15) is 17.6 Å². The average molecular weight is 317 g/mol. The Hall–Kier alpha value is -0.795. The lowest BCUT2D eigenvalue weighted by molar-refractivity contribution is -0.266. The lowest BCUT2D eigenvalue weighted by atomic mass is 9.80. The number of benzene rings is 1. The molecule has 3 nitrogen and oxygen atoms in total. The number of hydrogen-bond donors (Lipinski definition) is 2. The summed E-state index contributed by atoms with van der Waals surface area (Å²) < 4.78 is 54.0. The number of rotatable bonds is 4. The normalized spacial score (nSPS) is 12.4. The van der Waals surface area contributed by atoms with Crippen LogP contribution in [0.4, 0.5) is 17.6 Å². The van der Waals surface area contributed by atoms with Crippen molar-refractivity contribution >= 4 is 28.5 Å². The second-order valence-electron chi connectivity index (χ2n) is 3.06. The summed E-state index contributed by atoms with van der Waals surface area (Å²) in [6, 6.07) is 3.95.